The van der Waals surface area contributed by atoms with E-state index in [-0.39, 0.29) is 30.0 Å². The van der Waals surface area contributed by atoms with Crippen molar-refractivity contribution in [1.82, 2.24) is 19.8 Å². The van der Waals surface area contributed by atoms with Crippen molar-refractivity contribution in [3.63, 3.8) is 0 Å². The molecule has 0 bridgehead atoms. The molecule has 1 aromatic heterocycles. The molecule has 1 atom stereocenters. The molecule has 2 N–H and O–H groups in total. The molecular formula is C21H26N4O3. The first-order valence-electron chi connectivity index (χ1n) is 9.96. The smallest absolute Gasteiger partial charge is 0.254 e. The molecule has 1 aliphatic heterocycles. The van der Waals surface area contributed by atoms with Gasteiger partial charge in [-0.15, -0.1) is 0 Å². The van der Waals surface area contributed by atoms with Crippen LogP contribution in [0.1, 0.15) is 60.5 Å². The number of fused-ring (bicyclic) bond motifs is 1. The molecule has 0 spiro atoms. The van der Waals surface area contributed by atoms with Gasteiger partial charge in [-0.1, -0.05) is 18.9 Å². The minimum absolute atomic E-state index is 0.0164. The van der Waals surface area contributed by atoms with Crippen molar-refractivity contribution in [2.75, 3.05) is 6.54 Å². The lowest BCUT2D eigenvalue weighted by atomic mass is 10.1. The monoisotopic (exact) mass is 382 g/mol. The first kappa shape index (κ1) is 18.5. The van der Waals surface area contributed by atoms with Crippen LogP contribution in [0.5, 0.6) is 5.75 Å². The molecule has 2 amide bonds. The van der Waals surface area contributed by atoms with Gasteiger partial charge in [0.1, 0.15) is 11.6 Å². The number of imidazole rings is 1. The molecule has 7 nitrogen and oxygen atoms in total. The van der Waals surface area contributed by atoms with Gasteiger partial charge in [0.05, 0.1) is 18.2 Å². The Morgan fingerprint density at radius 3 is 2.79 bits per heavy atom. The zero-order valence-electron chi connectivity index (χ0n) is 16.1. The maximum Gasteiger partial charge on any atom is 0.254 e. The molecular weight excluding hydrogens is 356 g/mol. The molecule has 4 rings (SSSR count). The zero-order chi connectivity index (χ0) is 19.7. The number of nitrogens with zero attached hydrogens (tertiary/aromatic N) is 3. The molecule has 2 heterocycles. The molecule has 148 valence electrons. The molecule has 7 heteroatoms. The molecule has 0 saturated heterocycles. The highest BCUT2D eigenvalue weighted by Crippen LogP contribution is 2.27. The second-order valence-corrected chi connectivity index (χ2v) is 7.73. The Bertz CT molecular complexity index is 886. The van der Waals surface area contributed by atoms with Crippen LogP contribution < -0.4 is 5.32 Å². The molecule has 1 saturated carbocycles. The summed E-state index contributed by atoms with van der Waals surface area (Å²) >= 11 is 0. The minimum Gasteiger partial charge on any atom is -0.508 e. The third-order valence-electron chi connectivity index (χ3n) is 5.70. The zero-order valence-corrected chi connectivity index (χ0v) is 16.1. The van der Waals surface area contributed by atoms with Crippen molar-refractivity contribution < 1.29 is 14.7 Å². The van der Waals surface area contributed by atoms with E-state index in [1.807, 2.05) is 17.7 Å². The molecule has 1 aliphatic carbocycles. The van der Waals surface area contributed by atoms with Gasteiger partial charge in [-0.05, 0) is 38.0 Å². The van der Waals surface area contributed by atoms with Crippen molar-refractivity contribution in [3.8, 4) is 5.75 Å². The summed E-state index contributed by atoms with van der Waals surface area (Å²) in [6.07, 6.45) is 6.69. The summed E-state index contributed by atoms with van der Waals surface area (Å²) < 4.78 is 2.04. The van der Waals surface area contributed by atoms with Gasteiger partial charge in [-0.2, -0.15) is 0 Å². The van der Waals surface area contributed by atoms with Crippen molar-refractivity contribution in [2.24, 2.45) is 0 Å². The van der Waals surface area contributed by atoms with Gasteiger partial charge in [-0.3, -0.25) is 9.59 Å². The average Bonchev–Trinajstić information content (AvgIpc) is 3.31. The number of hydrogen-bond donors (Lipinski definition) is 2. The lowest BCUT2D eigenvalue weighted by molar-refractivity contribution is -0.121. The van der Waals surface area contributed by atoms with E-state index in [4.69, 9.17) is 0 Å². The largest absolute Gasteiger partial charge is 0.508 e. The fraction of sp³-hybridized carbons (Fsp3) is 0.476. The molecule has 0 radical (unpaired) electrons. The van der Waals surface area contributed by atoms with Crippen LogP contribution in [0.25, 0.3) is 0 Å². The summed E-state index contributed by atoms with van der Waals surface area (Å²) in [6, 6.07) is 6.50. The van der Waals surface area contributed by atoms with Crippen molar-refractivity contribution in [2.45, 2.75) is 57.7 Å². The molecule has 1 fully saturated rings. The Morgan fingerprint density at radius 1 is 1.25 bits per heavy atom. The lowest BCUT2D eigenvalue weighted by Gasteiger charge is -2.33. The number of rotatable bonds is 4. The van der Waals surface area contributed by atoms with Crippen LogP contribution in [0.4, 0.5) is 0 Å². The van der Waals surface area contributed by atoms with Crippen LogP contribution in [0.15, 0.2) is 30.5 Å². The van der Waals surface area contributed by atoms with E-state index >= 15 is 0 Å². The fourth-order valence-corrected chi connectivity index (χ4v) is 4.23. The summed E-state index contributed by atoms with van der Waals surface area (Å²) in [5.41, 5.74) is 1.20. The number of aromatic hydroxyl groups is 1. The number of benzene rings is 1. The summed E-state index contributed by atoms with van der Waals surface area (Å²) in [6.45, 7) is 3.15. The second-order valence-electron chi connectivity index (χ2n) is 7.73. The normalized spacial score (nSPS) is 19.5. The Balaban J connectivity index is 1.45. The second kappa shape index (κ2) is 7.66. The Kier molecular flexibility index (Phi) is 5.07. The van der Waals surface area contributed by atoms with Gasteiger partial charge in [0.25, 0.3) is 5.91 Å². The quantitative estimate of drug-likeness (QED) is 0.850. The van der Waals surface area contributed by atoms with Crippen LogP contribution in [-0.4, -0.2) is 44.0 Å². The van der Waals surface area contributed by atoms with E-state index in [1.165, 1.54) is 18.9 Å². The number of nitrogens with one attached hydrogen (secondary N) is 1. The van der Waals surface area contributed by atoms with Crippen molar-refractivity contribution >= 4 is 11.8 Å². The van der Waals surface area contributed by atoms with E-state index < -0.39 is 0 Å². The molecule has 28 heavy (non-hydrogen) atoms. The highest BCUT2D eigenvalue weighted by molar-refractivity contribution is 5.94. The van der Waals surface area contributed by atoms with Gasteiger partial charge in [0.2, 0.25) is 5.91 Å². The third-order valence-corrected chi connectivity index (χ3v) is 5.70. The summed E-state index contributed by atoms with van der Waals surface area (Å²) in [5.74, 6) is 0.761. The number of hydrogen-bond acceptors (Lipinski definition) is 4. The molecule has 2 aliphatic rings. The molecule has 2 aromatic rings. The summed E-state index contributed by atoms with van der Waals surface area (Å²) in [7, 11) is 0. The van der Waals surface area contributed by atoms with Gasteiger partial charge < -0.3 is 19.9 Å². The standard InChI is InChI=1S/C21H26N4O3/c1-14-20-23-17(12-19(27)22-16-6-2-3-7-16)13-24(20)9-10-25(14)21(28)15-5-4-8-18(26)11-15/h4-5,8,11,13-14,16,26H,2-3,6-7,9-10,12H2,1H3,(H,22,27)/t14-/m1/s1. The highest BCUT2D eigenvalue weighted by atomic mass is 16.3. The maximum absolute atomic E-state index is 12.9. The van der Waals surface area contributed by atoms with E-state index in [0.29, 0.717) is 24.7 Å². The van der Waals surface area contributed by atoms with E-state index in [2.05, 4.69) is 10.3 Å². The first-order chi connectivity index (χ1) is 13.5. The topological polar surface area (TPSA) is 87.5 Å². The Labute approximate surface area is 164 Å². The van der Waals surface area contributed by atoms with E-state index in [9.17, 15) is 14.7 Å². The molecule has 0 unspecified atom stereocenters. The van der Waals surface area contributed by atoms with Crippen molar-refractivity contribution in [1.29, 1.82) is 0 Å². The van der Waals surface area contributed by atoms with Crippen LogP contribution in [0.2, 0.25) is 0 Å². The van der Waals surface area contributed by atoms with Crippen LogP contribution in [-0.2, 0) is 17.8 Å². The van der Waals surface area contributed by atoms with E-state index in [1.54, 1.807) is 23.1 Å². The number of aromatic nitrogens is 2. The maximum atomic E-state index is 12.9. The predicted molar refractivity (Wildman–Crippen MR) is 104 cm³/mol. The van der Waals surface area contributed by atoms with Gasteiger partial charge >= 0.3 is 0 Å². The Morgan fingerprint density at radius 2 is 2.04 bits per heavy atom. The third kappa shape index (κ3) is 3.74. The number of carbonyl (C=O) groups excluding carboxylic acids is 2. The number of carbonyl (C=O) groups is 2. The number of phenols is 1. The van der Waals surface area contributed by atoms with E-state index in [0.717, 1.165) is 24.4 Å². The Hall–Kier alpha value is -2.83. The van der Waals surface area contributed by atoms with Gasteiger partial charge in [0, 0.05) is 30.9 Å². The average molecular weight is 382 g/mol. The fourth-order valence-electron chi connectivity index (χ4n) is 4.23. The minimum atomic E-state index is -0.199. The summed E-state index contributed by atoms with van der Waals surface area (Å²) in [5, 5.41) is 12.7. The van der Waals surface area contributed by atoms with Crippen molar-refractivity contribution in [3.05, 3.63) is 47.5 Å². The predicted octanol–water partition coefficient (Wildman–Crippen LogP) is 2.41. The number of phenolic OH excluding ortho intramolecular Hbond substituents is 1. The lowest BCUT2D eigenvalue weighted by Crippen LogP contribution is -2.41. The number of amides is 2. The molecule has 1 aromatic carbocycles. The van der Waals surface area contributed by atoms with Gasteiger partial charge in [0.15, 0.2) is 0 Å². The summed E-state index contributed by atoms with van der Waals surface area (Å²) in [4.78, 5) is 31.6. The highest BCUT2D eigenvalue weighted by Gasteiger charge is 2.30. The van der Waals surface area contributed by atoms with Crippen LogP contribution in [0.3, 0.4) is 0 Å². The van der Waals surface area contributed by atoms with Crippen LogP contribution in [0, 0.1) is 0 Å². The van der Waals surface area contributed by atoms with Crippen LogP contribution >= 0.6 is 0 Å². The first-order valence-corrected chi connectivity index (χ1v) is 9.96. The van der Waals surface area contributed by atoms with Gasteiger partial charge in [-0.25, -0.2) is 4.98 Å². The SMILES string of the molecule is C[C@@H]1c2nc(CC(=O)NC3CCCC3)cn2CCN1C(=O)c1cccc(O)c1.